The summed E-state index contributed by atoms with van der Waals surface area (Å²) in [5.74, 6) is 0.687. The Labute approximate surface area is 177 Å². The summed E-state index contributed by atoms with van der Waals surface area (Å²) < 4.78 is 58.3. The molecule has 0 aliphatic carbocycles. The van der Waals surface area contributed by atoms with Crippen molar-refractivity contribution >= 4 is 26.1 Å². The fourth-order valence-corrected chi connectivity index (χ4v) is 6.32. The second-order valence-corrected chi connectivity index (χ2v) is 10.2. The zero-order chi connectivity index (χ0) is 21.6. The van der Waals surface area contributed by atoms with Crippen molar-refractivity contribution in [3.63, 3.8) is 0 Å². The van der Waals surface area contributed by atoms with Gasteiger partial charge in [-0.05, 0) is 42.0 Å². The Kier molecular flexibility index (Phi) is 6.71. The van der Waals surface area contributed by atoms with Gasteiger partial charge < -0.3 is 4.74 Å². The number of nitrogens with zero attached hydrogens (tertiary/aromatic N) is 1. The number of hydrogen-bond donors (Lipinski definition) is 0. The molecule has 0 bridgehead atoms. The molecule has 0 unspecified atom stereocenters. The van der Waals surface area contributed by atoms with Gasteiger partial charge in [0.25, 0.3) is 20.0 Å². The molecule has 0 spiro atoms. The second kappa shape index (κ2) is 9.25. The topological polar surface area (TPSA) is 80.8 Å². The largest absolute Gasteiger partial charge is 0.497 e. The van der Waals surface area contributed by atoms with Crippen LogP contribution in [0.15, 0.2) is 101 Å². The molecule has 3 aromatic carbocycles. The van der Waals surface area contributed by atoms with Crippen LogP contribution < -0.4 is 4.74 Å². The van der Waals surface area contributed by atoms with Crippen LogP contribution in [0.5, 0.6) is 5.75 Å². The van der Waals surface area contributed by atoms with E-state index in [-0.39, 0.29) is 16.3 Å². The van der Waals surface area contributed by atoms with Gasteiger partial charge in [0.05, 0.1) is 16.9 Å². The fraction of sp³-hybridized carbons (Fsp3) is 0.0909. The van der Waals surface area contributed by atoms with E-state index in [0.717, 1.165) is 5.56 Å². The van der Waals surface area contributed by atoms with Gasteiger partial charge in [-0.3, -0.25) is 0 Å². The van der Waals surface area contributed by atoms with E-state index >= 15 is 0 Å². The molecule has 0 saturated heterocycles. The van der Waals surface area contributed by atoms with Crippen molar-refractivity contribution in [1.82, 2.24) is 3.71 Å². The SMILES string of the molecule is COc1ccc(/C=C/CN(S(=O)(=O)c2ccccc2)S(=O)(=O)c2ccccc2)cc1. The summed E-state index contributed by atoms with van der Waals surface area (Å²) in [7, 11) is -7.03. The van der Waals surface area contributed by atoms with Crippen LogP contribution in [-0.4, -0.2) is 34.2 Å². The van der Waals surface area contributed by atoms with Crippen molar-refractivity contribution in [2.24, 2.45) is 0 Å². The third-order valence-corrected chi connectivity index (χ3v) is 8.58. The normalized spacial score (nSPS) is 12.3. The summed E-state index contributed by atoms with van der Waals surface area (Å²) in [4.78, 5) is -0.190. The van der Waals surface area contributed by atoms with E-state index in [1.807, 2.05) is 0 Å². The summed E-state index contributed by atoms with van der Waals surface area (Å²) in [5, 5.41) is 0. The highest BCUT2D eigenvalue weighted by molar-refractivity contribution is 8.04. The van der Waals surface area contributed by atoms with Crippen LogP contribution in [0.25, 0.3) is 6.08 Å². The maximum atomic E-state index is 13.2. The van der Waals surface area contributed by atoms with E-state index in [1.54, 1.807) is 73.8 Å². The summed E-state index contributed by atoms with van der Waals surface area (Å²) in [6, 6.07) is 22.1. The zero-order valence-electron chi connectivity index (χ0n) is 16.2. The standard InChI is InChI=1S/C22H21NO5S2/c1-28-20-16-14-19(15-17-20)9-8-18-23(29(24,25)21-10-4-2-5-11-21)30(26,27)22-12-6-3-7-13-22/h2-17H,18H2,1H3/b9-8+. The third-order valence-electron chi connectivity index (χ3n) is 4.30. The Morgan fingerprint density at radius 2 is 1.20 bits per heavy atom. The molecule has 6 nitrogen and oxygen atoms in total. The molecule has 0 fully saturated rings. The minimum atomic E-state index is -4.30. The number of rotatable bonds is 8. The monoisotopic (exact) mass is 443 g/mol. The molecule has 0 heterocycles. The van der Waals surface area contributed by atoms with Crippen molar-refractivity contribution in [2.45, 2.75) is 9.79 Å². The number of benzene rings is 3. The summed E-state index contributed by atoms with van der Waals surface area (Å²) in [6.45, 7) is -0.347. The van der Waals surface area contributed by atoms with Crippen molar-refractivity contribution in [2.75, 3.05) is 13.7 Å². The molecule has 8 heteroatoms. The quantitative estimate of drug-likeness (QED) is 0.529. The highest BCUT2D eigenvalue weighted by Gasteiger charge is 2.35. The number of sulfonamides is 2. The molecule has 3 rings (SSSR count). The molecule has 0 aromatic heterocycles. The smallest absolute Gasteiger partial charge is 0.256 e. The van der Waals surface area contributed by atoms with Crippen LogP contribution in [0.3, 0.4) is 0 Å². The van der Waals surface area contributed by atoms with Crippen LogP contribution in [-0.2, 0) is 20.0 Å². The van der Waals surface area contributed by atoms with E-state index in [1.165, 1.54) is 30.3 Å². The van der Waals surface area contributed by atoms with Gasteiger partial charge >= 0.3 is 0 Å². The van der Waals surface area contributed by atoms with Gasteiger partial charge in [-0.2, -0.15) is 0 Å². The van der Waals surface area contributed by atoms with E-state index in [0.29, 0.717) is 9.46 Å². The Bertz CT molecular complexity index is 1140. The number of hydrogen-bond acceptors (Lipinski definition) is 5. The van der Waals surface area contributed by atoms with Crippen molar-refractivity contribution < 1.29 is 21.6 Å². The van der Waals surface area contributed by atoms with E-state index in [4.69, 9.17) is 4.74 Å². The molecule has 0 N–H and O–H groups in total. The minimum Gasteiger partial charge on any atom is -0.497 e. The maximum Gasteiger partial charge on any atom is 0.256 e. The second-order valence-electron chi connectivity index (χ2n) is 6.27. The van der Waals surface area contributed by atoms with Gasteiger partial charge in [-0.1, -0.05) is 64.4 Å². The Balaban J connectivity index is 1.98. The average Bonchev–Trinajstić information content (AvgIpc) is 2.78. The molecule has 0 aliphatic rings. The van der Waals surface area contributed by atoms with Crippen LogP contribution in [0, 0.1) is 0 Å². The third kappa shape index (κ3) is 4.79. The van der Waals surface area contributed by atoms with Gasteiger partial charge in [0, 0.05) is 6.54 Å². The molecule has 0 amide bonds. The molecule has 3 aromatic rings. The van der Waals surface area contributed by atoms with Gasteiger partial charge in [0.2, 0.25) is 0 Å². The van der Waals surface area contributed by atoms with E-state index in [9.17, 15) is 16.8 Å². The first-order valence-corrected chi connectivity index (χ1v) is 11.9. The molecule has 0 radical (unpaired) electrons. The first kappa shape index (κ1) is 21.8. The Morgan fingerprint density at radius 1 is 0.733 bits per heavy atom. The van der Waals surface area contributed by atoms with Gasteiger partial charge in [0.1, 0.15) is 5.75 Å². The Morgan fingerprint density at radius 3 is 1.63 bits per heavy atom. The Hall–Kier alpha value is -2.94. The molecule has 0 atom stereocenters. The molecular weight excluding hydrogens is 422 g/mol. The molecule has 0 aliphatic heterocycles. The maximum absolute atomic E-state index is 13.2. The average molecular weight is 444 g/mol. The lowest BCUT2D eigenvalue weighted by molar-refractivity contribution is 0.415. The van der Waals surface area contributed by atoms with Crippen LogP contribution >= 0.6 is 0 Å². The minimum absolute atomic E-state index is 0.0950. The highest BCUT2D eigenvalue weighted by Crippen LogP contribution is 2.24. The molecular formula is C22H21NO5S2. The molecule has 30 heavy (non-hydrogen) atoms. The predicted molar refractivity (Wildman–Crippen MR) is 116 cm³/mol. The summed E-state index contributed by atoms with van der Waals surface area (Å²) >= 11 is 0. The van der Waals surface area contributed by atoms with E-state index < -0.39 is 20.0 Å². The predicted octanol–water partition coefficient (Wildman–Crippen LogP) is 3.79. The van der Waals surface area contributed by atoms with Crippen molar-refractivity contribution in [1.29, 1.82) is 0 Å². The molecule has 156 valence electrons. The van der Waals surface area contributed by atoms with Gasteiger partial charge in [-0.25, -0.2) is 16.8 Å². The van der Waals surface area contributed by atoms with E-state index in [2.05, 4.69) is 0 Å². The van der Waals surface area contributed by atoms with Crippen molar-refractivity contribution in [3.8, 4) is 5.75 Å². The zero-order valence-corrected chi connectivity index (χ0v) is 17.9. The highest BCUT2D eigenvalue weighted by atomic mass is 32.3. The van der Waals surface area contributed by atoms with Crippen LogP contribution in [0.4, 0.5) is 0 Å². The van der Waals surface area contributed by atoms with Gasteiger partial charge in [-0.15, -0.1) is 0 Å². The number of ether oxygens (including phenoxy) is 1. The lowest BCUT2D eigenvalue weighted by atomic mass is 10.2. The van der Waals surface area contributed by atoms with Crippen molar-refractivity contribution in [3.05, 3.63) is 96.6 Å². The van der Waals surface area contributed by atoms with Gasteiger partial charge in [0.15, 0.2) is 0 Å². The van der Waals surface area contributed by atoms with Crippen LogP contribution in [0.1, 0.15) is 5.56 Å². The lowest BCUT2D eigenvalue weighted by Crippen LogP contribution is -2.37. The van der Waals surface area contributed by atoms with Crippen LogP contribution in [0.2, 0.25) is 0 Å². The summed E-state index contributed by atoms with van der Waals surface area (Å²) in [5.41, 5.74) is 0.782. The first-order chi connectivity index (χ1) is 14.4. The lowest BCUT2D eigenvalue weighted by Gasteiger charge is -2.21. The fourth-order valence-electron chi connectivity index (χ4n) is 2.74. The summed E-state index contributed by atoms with van der Waals surface area (Å²) in [6.07, 6.45) is 3.16. The number of methoxy groups -OCH3 is 1. The first-order valence-electron chi connectivity index (χ1n) is 9.04. The molecule has 0 saturated carbocycles.